The molecule has 0 bridgehead atoms. The van der Waals surface area contributed by atoms with Crippen molar-refractivity contribution in [2.75, 3.05) is 13.2 Å². The molecular weight excluding hydrogens is 341 g/mol. The lowest BCUT2D eigenvalue weighted by molar-refractivity contribution is -0.383. The summed E-state index contributed by atoms with van der Waals surface area (Å²) in [6.45, 7) is -0.729. The molecule has 1 heterocycles. The summed E-state index contributed by atoms with van der Waals surface area (Å²) in [4.78, 5) is 31.5. The molecule has 0 aliphatic rings. The van der Waals surface area contributed by atoms with Crippen LogP contribution in [0, 0.1) is 10.1 Å². The number of nitro benzene ring substituents is 1. The van der Waals surface area contributed by atoms with Gasteiger partial charge < -0.3 is 34.5 Å². The molecule has 0 aliphatic heterocycles. The van der Waals surface area contributed by atoms with Crippen LogP contribution in [0.4, 0.5) is 5.69 Å². The topological polar surface area (TPSA) is 221 Å². The summed E-state index contributed by atoms with van der Waals surface area (Å²) < 4.78 is 13.5. The van der Waals surface area contributed by atoms with E-state index in [-0.39, 0.29) is 24.4 Å². The van der Waals surface area contributed by atoms with E-state index in [1.54, 1.807) is 6.07 Å². The number of hydrogen-bond acceptors (Lipinski definition) is 9. The molecule has 1 aromatic carbocycles. The molecule has 0 atom stereocenters. The number of aliphatic hydroxyl groups excluding tert-OH is 3. The quantitative estimate of drug-likeness (QED) is 0.211. The Morgan fingerprint density at radius 1 is 1.26 bits per heavy atom. The smallest absolute Gasteiger partial charge is 0.394 e. The lowest BCUT2D eigenvalue weighted by Crippen LogP contribution is -2.15. The van der Waals surface area contributed by atoms with Gasteiger partial charge in [-0.25, -0.2) is 4.57 Å². The average Bonchev–Trinajstić information content (AvgIpc) is 2.93. The fourth-order valence-electron chi connectivity index (χ4n) is 0.995. The second kappa shape index (κ2) is 9.91. The molecule has 0 spiro atoms. The Bertz CT molecular complexity index is 644. The Hall–Kier alpha value is -1.99. The molecule has 1 aromatic heterocycles. The first-order chi connectivity index (χ1) is 10.6. The van der Waals surface area contributed by atoms with Crippen molar-refractivity contribution >= 4 is 24.6 Å². The van der Waals surface area contributed by atoms with Crippen molar-refractivity contribution in [1.82, 2.24) is 10.4 Å². The van der Waals surface area contributed by atoms with Gasteiger partial charge in [-0.1, -0.05) is 6.07 Å². The molecule has 0 radical (unpaired) electrons. The monoisotopic (exact) mass is 355 g/mol. The lowest BCUT2D eigenvalue weighted by atomic mass is 10.3. The number of rotatable bonds is 3. The van der Waals surface area contributed by atoms with Gasteiger partial charge in [0.15, 0.2) is 5.58 Å². The fraction of sp³-hybridized carbons (Fsp3) is 0.333. The summed E-state index contributed by atoms with van der Waals surface area (Å²) in [6, 6.07) is 4.45. The summed E-state index contributed by atoms with van der Waals surface area (Å²) in [5, 5.41) is 41.1. The Balaban J connectivity index is 0.000000374. The number of non-ortho nitro benzene ring substituents is 1. The van der Waals surface area contributed by atoms with Crippen LogP contribution >= 0.6 is 7.82 Å². The van der Waals surface area contributed by atoms with Crippen LogP contribution in [0.1, 0.15) is 0 Å². The van der Waals surface area contributed by atoms with E-state index in [1.165, 1.54) is 12.1 Å². The predicted molar refractivity (Wildman–Crippen MR) is 72.9 cm³/mol. The molecule has 0 saturated carbocycles. The van der Waals surface area contributed by atoms with Crippen molar-refractivity contribution in [3.8, 4) is 0 Å². The second-order valence-corrected chi connectivity index (χ2v) is 4.71. The van der Waals surface area contributed by atoms with Crippen LogP contribution in [-0.2, 0) is 4.57 Å². The van der Waals surface area contributed by atoms with E-state index in [1.807, 2.05) is 0 Å². The fourth-order valence-corrected chi connectivity index (χ4v) is 0.995. The normalized spacial score (nSPS) is 10.6. The van der Waals surface area contributed by atoms with Crippen LogP contribution in [0.3, 0.4) is 0 Å². The molecule has 14 heteroatoms. The van der Waals surface area contributed by atoms with E-state index in [4.69, 9.17) is 34.6 Å². The van der Waals surface area contributed by atoms with E-state index >= 15 is 0 Å². The molecule has 6 N–H and O–H groups in total. The van der Waals surface area contributed by atoms with Crippen molar-refractivity contribution in [1.29, 1.82) is 0 Å². The van der Waals surface area contributed by atoms with Gasteiger partial charge in [-0.3, -0.25) is 10.1 Å². The molecule has 23 heavy (non-hydrogen) atoms. The molecule has 0 unspecified atom stereocenters. The number of hydrogen-bond donors (Lipinski definition) is 6. The van der Waals surface area contributed by atoms with Crippen molar-refractivity contribution < 1.29 is 44.0 Å². The Kier molecular flexibility index (Phi) is 9.05. The summed E-state index contributed by atoms with van der Waals surface area (Å²) in [6.07, 6.45) is -0.954. The standard InChI is InChI=1S/C6H3N3O3.C3H8O3.H3O4P/c10-9(11)4-2-1-3-5-6(4)7-8-12-5;4-1-3(6)2-5;1-5(2,3)4/h1-3H;3-6H,1-2H2;(H3,1,2,3,4). The van der Waals surface area contributed by atoms with Crippen LogP contribution in [0.5, 0.6) is 0 Å². The highest BCUT2D eigenvalue weighted by atomic mass is 31.2. The van der Waals surface area contributed by atoms with Crippen LogP contribution in [-0.4, -0.2) is 64.6 Å². The van der Waals surface area contributed by atoms with E-state index in [0.29, 0.717) is 5.58 Å². The third-order valence-corrected chi connectivity index (χ3v) is 1.88. The average molecular weight is 355 g/mol. The van der Waals surface area contributed by atoms with Gasteiger partial charge in [0.1, 0.15) is 6.10 Å². The van der Waals surface area contributed by atoms with Gasteiger partial charge in [0.2, 0.25) is 5.52 Å². The predicted octanol–water partition coefficient (Wildman–Crippen LogP) is -1.47. The van der Waals surface area contributed by atoms with Crippen molar-refractivity contribution in [2.24, 2.45) is 0 Å². The Morgan fingerprint density at radius 3 is 2.17 bits per heavy atom. The first-order valence-corrected chi connectivity index (χ1v) is 7.20. The minimum Gasteiger partial charge on any atom is -0.394 e. The van der Waals surface area contributed by atoms with Crippen LogP contribution in [0.2, 0.25) is 0 Å². The van der Waals surface area contributed by atoms with Gasteiger partial charge in [0.05, 0.1) is 18.1 Å². The Labute approximate surface area is 127 Å². The number of nitro groups is 1. The maximum absolute atomic E-state index is 10.4. The van der Waals surface area contributed by atoms with E-state index in [2.05, 4.69) is 14.9 Å². The van der Waals surface area contributed by atoms with E-state index in [0.717, 1.165) is 0 Å². The number of phosphoric acid groups is 1. The zero-order chi connectivity index (χ0) is 18.0. The third-order valence-electron chi connectivity index (χ3n) is 1.88. The SMILES string of the molecule is O=P(O)(O)O.O=[N+]([O-])c1cccc2onnc12.OCC(O)CO. The highest BCUT2D eigenvalue weighted by Crippen LogP contribution is 2.25. The van der Waals surface area contributed by atoms with E-state index < -0.39 is 18.8 Å². The minimum absolute atomic E-state index is 0.0891. The number of aromatic nitrogens is 2. The molecule has 130 valence electrons. The van der Waals surface area contributed by atoms with Gasteiger partial charge in [-0.2, -0.15) is 0 Å². The van der Waals surface area contributed by atoms with Crippen molar-refractivity contribution in [3.05, 3.63) is 28.3 Å². The molecular formula is C9H14N3O10P. The third kappa shape index (κ3) is 9.59. The van der Waals surface area contributed by atoms with Gasteiger partial charge in [0.25, 0.3) is 0 Å². The van der Waals surface area contributed by atoms with Crippen molar-refractivity contribution in [2.45, 2.75) is 6.10 Å². The van der Waals surface area contributed by atoms with Crippen LogP contribution in [0.15, 0.2) is 22.7 Å². The minimum atomic E-state index is -4.64. The molecule has 2 aromatic rings. The summed E-state index contributed by atoms with van der Waals surface area (Å²) in [7, 11) is -4.64. The molecule has 0 fully saturated rings. The number of nitrogens with zero attached hydrogens (tertiary/aromatic N) is 3. The highest BCUT2D eigenvalue weighted by Gasteiger charge is 2.14. The molecule has 2 rings (SSSR count). The maximum atomic E-state index is 10.4. The summed E-state index contributed by atoms with van der Waals surface area (Å²) in [5.74, 6) is 0. The van der Waals surface area contributed by atoms with E-state index in [9.17, 15) is 10.1 Å². The number of fused-ring (bicyclic) bond motifs is 1. The number of benzene rings is 1. The summed E-state index contributed by atoms with van der Waals surface area (Å²) in [5.41, 5.74) is 0.417. The lowest BCUT2D eigenvalue weighted by Gasteiger charge is -1.96. The molecule has 0 saturated heterocycles. The maximum Gasteiger partial charge on any atom is 0.466 e. The molecule has 0 amide bonds. The van der Waals surface area contributed by atoms with Crippen molar-refractivity contribution in [3.63, 3.8) is 0 Å². The highest BCUT2D eigenvalue weighted by molar-refractivity contribution is 7.45. The Morgan fingerprint density at radius 2 is 1.78 bits per heavy atom. The molecule has 13 nitrogen and oxygen atoms in total. The van der Waals surface area contributed by atoms with Crippen LogP contribution in [0.25, 0.3) is 11.1 Å². The van der Waals surface area contributed by atoms with Gasteiger partial charge in [0, 0.05) is 11.3 Å². The number of aliphatic hydroxyl groups is 3. The van der Waals surface area contributed by atoms with Gasteiger partial charge in [-0.15, -0.1) is 5.10 Å². The van der Waals surface area contributed by atoms with Gasteiger partial charge in [-0.05, 0) is 6.07 Å². The largest absolute Gasteiger partial charge is 0.466 e. The molecule has 0 aliphatic carbocycles. The second-order valence-electron chi connectivity index (χ2n) is 3.69. The first-order valence-electron chi connectivity index (χ1n) is 5.63. The zero-order valence-electron chi connectivity index (χ0n) is 11.3. The first kappa shape index (κ1) is 21.0. The zero-order valence-corrected chi connectivity index (χ0v) is 12.2. The van der Waals surface area contributed by atoms with Gasteiger partial charge >= 0.3 is 13.5 Å². The van der Waals surface area contributed by atoms with Crippen LogP contribution < -0.4 is 0 Å². The summed E-state index contributed by atoms with van der Waals surface area (Å²) >= 11 is 0.